The maximum Gasteiger partial charge on any atom is 0.103 e. The van der Waals surface area contributed by atoms with Gasteiger partial charge in [-0.05, 0) is 0 Å². The van der Waals surface area contributed by atoms with Gasteiger partial charge in [0.1, 0.15) is 12.3 Å². The molecular formula is C7H12N2O. The van der Waals surface area contributed by atoms with Gasteiger partial charge in [-0.15, -0.1) is 6.58 Å². The van der Waals surface area contributed by atoms with Crippen molar-refractivity contribution in [1.82, 2.24) is 5.32 Å². The lowest BCUT2D eigenvalue weighted by atomic mass is 10.2. The largest absolute Gasteiger partial charge is 0.386 e. The maximum absolute atomic E-state index is 8.96. The van der Waals surface area contributed by atoms with Crippen molar-refractivity contribution in [2.45, 2.75) is 18.7 Å². The zero-order valence-corrected chi connectivity index (χ0v) is 5.83. The molecular weight excluding hydrogens is 128 g/mol. The van der Waals surface area contributed by atoms with Gasteiger partial charge in [0.05, 0.1) is 0 Å². The first-order valence-corrected chi connectivity index (χ1v) is 3.38. The van der Waals surface area contributed by atoms with E-state index in [-0.39, 0.29) is 6.17 Å². The van der Waals surface area contributed by atoms with E-state index in [2.05, 4.69) is 16.9 Å². The first-order valence-electron chi connectivity index (χ1n) is 3.38. The molecule has 0 aromatic heterocycles. The van der Waals surface area contributed by atoms with Crippen LogP contribution in [-0.4, -0.2) is 30.1 Å². The van der Waals surface area contributed by atoms with Crippen molar-refractivity contribution in [3.8, 4) is 0 Å². The van der Waals surface area contributed by atoms with Gasteiger partial charge in [0, 0.05) is 19.2 Å². The van der Waals surface area contributed by atoms with Crippen LogP contribution in [0, 0.1) is 0 Å². The highest BCUT2D eigenvalue weighted by Gasteiger charge is 2.11. The van der Waals surface area contributed by atoms with Crippen LogP contribution in [0.3, 0.4) is 0 Å². The molecule has 0 radical (unpaired) electrons. The fraction of sp³-hybridized carbons (Fsp3) is 0.571. The lowest BCUT2D eigenvalue weighted by Crippen LogP contribution is -2.39. The Morgan fingerprint density at radius 2 is 2.70 bits per heavy atom. The number of hydrogen-bond acceptors (Lipinski definition) is 3. The number of nitrogens with one attached hydrogen (secondary N) is 1. The van der Waals surface area contributed by atoms with Crippen LogP contribution in [0.15, 0.2) is 17.6 Å². The quantitative estimate of drug-likeness (QED) is 0.527. The predicted molar refractivity (Wildman–Crippen MR) is 41.1 cm³/mol. The lowest BCUT2D eigenvalue weighted by molar-refractivity contribution is 0.225. The topological polar surface area (TPSA) is 44.6 Å². The van der Waals surface area contributed by atoms with Crippen LogP contribution in [-0.2, 0) is 0 Å². The number of nitrogens with zero attached hydrogens (tertiary/aromatic N) is 1. The molecule has 0 bridgehead atoms. The summed E-state index contributed by atoms with van der Waals surface area (Å²) in [4.78, 5) is 4.04. The first kappa shape index (κ1) is 7.44. The van der Waals surface area contributed by atoms with Crippen LogP contribution >= 0.6 is 0 Å². The van der Waals surface area contributed by atoms with E-state index < -0.39 is 6.10 Å². The molecule has 0 aromatic carbocycles. The highest BCUT2D eigenvalue weighted by atomic mass is 16.3. The van der Waals surface area contributed by atoms with Gasteiger partial charge in [-0.1, -0.05) is 6.08 Å². The SMILES string of the molecule is C=CCC1N=CC(O)CN1. The van der Waals surface area contributed by atoms with Crippen molar-refractivity contribution in [2.75, 3.05) is 6.54 Å². The molecule has 0 spiro atoms. The van der Waals surface area contributed by atoms with Crippen LogP contribution in [0.2, 0.25) is 0 Å². The smallest absolute Gasteiger partial charge is 0.103 e. The second-order valence-electron chi connectivity index (χ2n) is 2.31. The number of aliphatic hydroxyl groups is 1. The second kappa shape index (κ2) is 3.49. The number of β-amino-alcohol motifs (C(OH)–C–C–N with tert-alkyl or cyclic N) is 1. The van der Waals surface area contributed by atoms with Gasteiger partial charge in [-0.3, -0.25) is 10.3 Å². The summed E-state index contributed by atoms with van der Waals surface area (Å²) in [6.07, 6.45) is 3.92. The average Bonchev–Trinajstić information content (AvgIpc) is 1.95. The van der Waals surface area contributed by atoms with Crippen LogP contribution in [0.5, 0.6) is 0 Å². The predicted octanol–water partition coefficient (Wildman–Crippen LogP) is -0.0765. The van der Waals surface area contributed by atoms with Gasteiger partial charge in [0.15, 0.2) is 0 Å². The summed E-state index contributed by atoms with van der Waals surface area (Å²) in [7, 11) is 0. The van der Waals surface area contributed by atoms with E-state index in [1.807, 2.05) is 6.08 Å². The van der Waals surface area contributed by atoms with Crippen molar-refractivity contribution >= 4 is 6.21 Å². The summed E-state index contributed by atoms with van der Waals surface area (Å²) in [6.45, 7) is 4.20. The number of aliphatic imine (C=N–C) groups is 1. The molecule has 0 saturated carbocycles. The van der Waals surface area contributed by atoms with Gasteiger partial charge < -0.3 is 5.11 Å². The van der Waals surface area contributed by atoms with E-state index in [1.54, 1.807) is 6.21 Å². The molecule has 0 amide bonds. The van der Waals surface area contributed by atoms with Gasteiger partial charge in [-0.2, -0.15) is 0 Å². The minimum Gasteiger partial charge on any atom is -0.386 e. The summed E-state index contributed by atoms with van der Waals surface area (Å²) in [5.74, 6) is 0. The minimum atomic E-state index is -0.416. The molecule has 0 saturated heterocycles. The molecule has 3 heteroatoms. The number of aliphatic hydroxyl groups excluding tert-OH is 1. The van der Waals surface area contributed by atoms with Crippen molar-refractivity contribution in [2.24, 2.45) is 4.99 Å². The van der Waals surface area contributed by atoms with Crippen LogP contribution < -0.4 is 5.32 Å². The standard InChI is InChI=1S/C7H12N2O/c1-2-3-7-8-4-6(10)5-9-7/h2,4,6-7,9-10H,1,3,5H2. The Bertz CT molecular complexity index is 145. The average molecular weight is 140 g/mol. The summed E-state index contributed by atoms with van der Waals surface area (Å²) >= 11 is 0. The third-order valence-electron chi connectivity index (χ3n) is 1.39. The Balaban J connectivity index is 2.37. The number of hydrogen-bond donors (Lipinski definition) is 2. The maximum atomic E-state index is 8.96. The number of rotatable bonds is 2. The highest BCUT2D eigenvalue weighted by Crippen LogP contribution is 1.98. The van der Waals surface area contributed by atoms with E-state index in [1.165, 1.54) is 0 Å². The normalized spacial score (nSPS) is 32.1. The molecule has 56 valence electrons. The van der Waals surface area contributed by atoms with E-state index in [0.717, 1.165) is 6.42 Å². The molecule has 0 fully saturated rings. The molecule has 10 heavy (non-hydrogen) atoms. The van der Waals surface area contributed by atoms with Crippen molar-refractivity contribution in [3.05, 3.63) is 12.7 Å². The van der Waals surface area contributed by atoms with Gasteiger partial charge in [0.2, 0.25) is 0 Å². The van der Waals surface area contributed by atoms with E-state index >= 15 is 0 Å². The fourth-order valence-corrected chi connectivity index (χ4v) is 0.867. The monoisotopic (exact) mass is 140 g/mol. The fourth-order valence-electron chi connectivity index (χ4n) is 0.867. The zero-order chi connectivity index (χ0) is 7.40. The van der Waals surface area contributed by atoms with Gasteiger partial charge in [0.25, 0.3) is 0 Å². The molecule has 1 heterocycles. The molecule has 1 aliphatic rings. The lowest BCUT2D eigenvalue weighted by Gasteiger charge is -2.19. The summed E-state index contributed by atoms with van der Waals surface area (Å²) < 4.78 is 0. The third kappa shape index (κ3) is 1.93. The summed E-state index contributed by atoms with van der Waals surface area (Å²) in [5.41, 5.74) is 0. The van der Waals surface area contributed by atoms with Crippen molar-refractivity contribution in [1.29, 1.82) is 0 Å². The highest BCUT2D eigenvalue weighted by molar-refractivity contribution is 5.64. The summed E-state index contributed by atoms with van der Waals surface area (Å²) in [5, 5.41) is 12.0. The first-order chi connectivity index (χ1) is 4.83. The Morgan fingerprint density at radius 1 is 1.90 bits per heavy atom. The molecule has 1 aliphatic heterocycles. The van der Waals surface area contributed by atoms with E-state index in [0.29, 0.717) is 6.54 Å². The molecule has 1 rings (SSSR count). The zero-order valence-electron chi connectivity index (χ0n) is 5.83. The van der Waals surface area contributed by atoms with Crippen molar-refractivity contribution in [3.63, 3.8) is 0 Å². The Morgan fingerprint density at radius 3 is 3.20 bits per heavy atom. The molecule has 3 nitrogen and oxygen atoms in total. The van der Waals surface area contributed by atoms with Crippen LogP contribution in [0.25, 0.3) is 0 Å². The molecule has 0 aromatic rings. The van der Waals surface area contributed by atoms with E-state index in [9.17, 15) is 0 Å². The Labute approximate surface area is 60.5 Å². The van der Waals surface area contributed by atoms with E-state index in [4.69, 9.17) is 5.11 Å². The Kier molecular flexibility index (Phi) is 2.59. The third-order valence-corrected chi connectivity index (χ3v) is 1.39. The minimum absolute atomic E-state index is 0.126. The molecule has 2 unspecified atom stereocenters. The molecule has 2 atom stereocenters. The Hall–Kier alpha value is -0.670. The molecule has 0 aliphatic carbocycles. The van der Waals surface area contributed by atoms with Crippen LogP contribution in [0.4, 0.5) is 0 Å². The van der Waals surface area contributed by atoms with Gasteiger partial charge in [-0.25, -0.2) is 0 Å². The van der Waals surface area contributed by atoms with Gasteiger partial charge >= 0.3 is 0 Å². The van der Waals surface area contributed by atoms with Crippen molar-refractivity contribution < 1.29 is 5.11 Å². The summed E-state index contributed by atoms with van der Waals surface area (Å²) in [6, 6.07) is 0. The second-order valence-corrected chi connectivity index (χ2v) is 2.31. The van der Waals surface area contributed by atoms with Crippen LogP contribution in [0.1, 0.15) is 6.42 Å². The molecule has 2 N–H and O–H groups in total.